The zero-order valence-electron chi connectivity index (χ0n) is 20.6. The molecule has 4 heteroatoms. The molecule has 1 N–H and O–H groups in total. The number of nitrogens with one attached hydrogen (secondary N) is 1. The van der Waals surface area contributed by atoms with Crippen molar-refractivity contribution >= 4 is 17.7 Å². The van der Waals surface area contributed by atoms with Crippen LogP contribution in [0.3, 0.4) is 0 Å². The van der Waals surface area contributed by atoms with Gasteiger partial charge in [-0.1, -0.05) is 134 Å². The highest BCUT2D eigenvalue weighted by Crippen LogP contribution is 2.21. The van der Waals surface area contributed by atoms with Crippen LogP contribution in [0.25, 0.3) is 0 Å². The summed E-state index contributed by atoms with van der Waals surface area (Å²) in [4.78, 5) is 11.6. The van der Waals surface area contributed by atoms with Crippen LogP contribution in [0.2, 0.25) is 0 Å². The molecule has 0 aliphatic heterocycles. The number of ether oxygens (including phenoxy) is 1. The molecule has 0 aliphatic rings. The number of alkyl halides is 1. The van der Waals surface area contributed by atoms with Crippen LogP contribution in [0.4, 0.5) is 4.79 Å². The number of benzene rings is 1. The van der Waals surface area contributed by atoms with E-state index in [4.69, 9.17) is 16.3 Å². The molecule has 0 unspecified atom stereocenters. The monoisotopic (exact) mass is 465 g/mol. The van der Waals surface area contributed by atoms with Crippen LogP contribution in [0.15, 0.2) is 24.3 Å². The van der Waals surface area contributed by atoms with Crippen molar-refractivity contribution in [1.82, 2.24) is 5.32 Å². The lowest BCUT2D eigenvalue weighted by molar-refractivity contribution is 0.202. The molecule has 1 amide bonds. The van der Waals surface area contributed by atoms with Gasteiger partial charge in [0.1, 0.15) is 5.75 Å². The van der Waals surface area contributed by atoms with E-state index in [1.54, 1.807) is 0 Å². The number of rotatable bonds is 21. The molecule has 1 aromatic carbocycles. The van der Waals surface area contributed by atoms with Crippen LogP contribution in [-0.2, 0) is 6.42 Å². The lowest BCUT2D eigenvalue weighted by atomic mass is 10.0. The fourth-order valence-corrected chi connectivity index (χ4v) is 4.33. The Balaban J connectivity index is 1.89. The average molecular weight is 466 g/mol. The Hall–Kier alpha value is -1.22. The van der Waals surface area contributed by atoms with Gasteiger partial charge in [-0.25, -0.2) is 4.79 Å². The summed E-state index contributed by atoms with van der Waals surface area (Å²) in [5, 5.41) is 2.45. The number of hydrogen-bond acceptors (Lipinski definition) is 2. The van der Waals surface area contributed by atoms with Gasteiger partial charge in [0, 0.05) is 0 Å². The van der Waals surface area contributed by atoms with Crippen LogP contribution in [0.5, 0.6) is 5.75 Å². The second kappa shape index (κ2) is 21.6. The molecule has 1 rings (SSSR count). The maximum Gasteiger partial charge on any atom is 0.413 e. The van der Waals surface area contributed by atoms with Crippen molar-refractivity contribution in [2.24, 2.45) is 0 Å². The largest absolute Gasteiger partial charge is 0.413 e. The lowest BCUT2D eigenvalue weighted by Gasteiger charge is -2.10. The summed E-state index contributed by atoms with van der Waals surface area (Å²) in [6.07, 6.45) is 25.4. The van der Waals surface area contributed by atoms with E-state index in [0.717, 1.165) is 18.4 Å². The SMILES string of the molecule is CCCCCCCCCCCCCCCCCCCCc1ccccc1OC(=O)NCCl. The van der Waals surface area contributed by atoms with E-state index in [9.17, 15) is 4.79 Å². The minimum absolute atomic E-state index is 0.0558. The Morgan fingerprint density at radius 1 is 0.719 bits per heavy atom. The predicted octanol–water partition coefficient (Wildman–Crippen LogP) is 9.56. The maximum atomic E-state index is 11.6. The topological polar surface area (TPSA) is 38.3 Å². The van der Waals surface area contributed by atoms with Gasteiger partial charge in [-0.3, -0.25) is 0 Å². The van der Waals surface area contributed by atoms with Crippen LogP contribution in [-0.4, -0.2) is 12.1 Å². The normalized spacial score (nSPS) is 10.9. The van der Waals surface area contributed by atoms with Gasteiger partial charge in [0.25, 0.3) is 0 Å². The molecule has 32 heavy (non-hydrogen) atoms. The van der Waals surface area contributed by atoms with Crippen molar-refractivity contribution in [1.29, 1.82) is 0 Å². The number of halogens is 1. The molecule has 0 fully saturated rings. The first-order valence-electron chi connectivity index (χ1n) is 13.4. The molecule has 0 atom stereocenters. The Bertz CT molecular complexity index is 564. The molecular weight excluding hydrogens is 418 g/mol. The molecule has 0 aliphatic carbocycles. The van der Waals surface area contributed by atoms with Crippen molar-refractivity contribution in [3.8, 4) is 5.75 Å². The van der Waals surface area contributed by atoms with E-state index >= 15 is 0 Å². The van der Waals surface area contributed by atoms with E-state index in [-0.39, 0.29) is 6.00 Å². The van der Waals surface area contributed by atoms with Crippen molar-refractivity contribution in [2.45, 2.75) is 129 Å². The van der Waals surface area contributed by atoms with Crippen LogP contribution in [0.1, 0.15) is 128 Å². The Labute approximate surface area is 203 Å². The van der Waals surface area contributed by atoms with Crippen LogP contribution >= 0.6 is 11.6 Å². The number of hydrogen-bond donors (Lipinski definition) is 1. The number of amides is 1. The summed E-state index contributed by atoms with van der Waals surface area (Å²) in [7, 11) is 0. The zero-order chi connectivity index (χ0) is 23.1. The molecule has 0 spiro atoms. The number of para-hydroxylation sites is 1. The Kier molecular flexibility index (Phi) is 19.5. The van der Waals surface area contributed by atoms with Gasteiger partial charge in [0.05, 0.1) is 6.00 Å². The number of aryl methyl sites for hydroxylation is 1. The third-order valence-electron chi connectivity index (χ3n) is 6.19. The summed E-state index contributed by atoms with van der Waals surface area (Å²) >= 11 is 5.51. The van der Waals surface area contributed by atoms with E-state index in [0.29, 0.717) is 5.75 Å². The summed E-state index contributed by atoms with van der Waals surface area (Å²) in [6.45, 7) is 2.29. The van der Waals surface area contributed by atoms with Crippen molar-refractivity contribution in [3.63, 3.8) is 0 Å². The molecule has 1 aromatic rings. The minimum atomic E-state index is -0.495. The molecule has 0 bridgehead atoms. The summed E-state index contributed by atoms with van der Waals surface area (Å²) in [6, 6.07) is 7.83. The highest BCUT2D eigenvalue weighted by molar-refractivity contribution is 6.18. The fraction of sp³-hybridized carbons (Fsp3) is 0.750. The third kappa shape index (κ3) is 16.4. The van der Waals surface area contributed by atoms with E-state index < -0.39 is 6.09 Å². The average Bonchev–Trinajstić information content (AvgIpc) is 2.79. The fourth-order valence-electron chi connectivity index (χ4n) is 4.22. The molecular formula is C28H48ClNO2. The van der Waals surface area contributed by atoms with Gasteiger partial charge in [0.2, 0.25) is 0 Å². The predicted molar refractivity (Wildman–Crippen MR) is 139 cm³/mol. The van der Waals surface area contributed by atoms with Gasteiger partial charge in [0.15, 0.2) is 0 Å². The smallest absolute Gasteiger partial charge is 0.410 e. The Morgan fingerprint density at radius 2 is 1.16 bits per heavy atom. The number of carbonyl (C=O) groups excluding carboxylic acids is 1. The minimum Gasteiger partial charge on any atom is -0.410 e. The number of unbranched alkanes of at least 4 members (excludes halogenated alkanes) is 17. The van der Waals surface area contributed by atoms with Gasteiger partial charge in [-0.2, -0.15) is 0 Å². The molecule has 0 saturated carbocycles. The number of carbonyl (C=O) groups is 1. The summed E-state index contributed by atoms with van der Waals surface area (Å²) < 4.78 is 5.34. The molecule has 3 nitrogen and oxygen atoms in total. The van der Waals surface area contributed by atoms with E-state index in [1.165, 1.54) is 109 Å². The first-order valence-corrected chi connectivity index (χ1v) is 13.9. The first-order chi connectivity index (χ1) is 15.8. The van der Waals surface area contributed by atoms with Crippen molar-refractivity contribution < 1.29 is 9.53 Å². The van der Waals surface area contributed by atoms with Gasteiger partial charge < -0.3 is 10.1 Å². The van der Waals surface area contributed by atoms with Gasteiger partial charge >= 0.3 is 6.09 Å². The van der Waals surface area contributed by atoms with Crippen LogP contribution < -0.4 is 10.1 Å². The molecule has 0 saturated heterocycles. The van der Waals surface area contributed by atoms with E-state index in [1.807, 2.05) is 24.3 Å². The molecule has 0 radical (unpaired) electrons. The maximum absolute atomic E-state index is 11.6. The zero-order valence-corrected chi connectivity index (χ0v) is 21.4. The summed E-state index contributed by atoms with van der Waals surface area (Å²) in [5.41, 5.74) is 1.09. The molecule has 184 valence electrons. The second-order valence-electron chi connectivity index (χ2n) is 9.07. The van der Waals surface area contributed by atoms with Crippen LogP contribution in [0, 0.1) is 0 Å². The Morgan fingerprint density at radius 3 is 1.62 bits per heavy atom. The highest BCUT2D eigenvalue weighted by Gasteiger charge is 2.07. The first kappa shape index (κ1) is 28.8. The molecule has 0 heterocycles. The summed E-state index contributed by atoms with van der Waals surface area (Å²) in [5.74, 6) is 0.641. The third-order valence-corrected chi connectivity index (χ3v) is 6.32. The lowest BCUT2D eigenvalue weighted by Crippen LogP contribution is -2.25. The van der Waals surface area contributed by atoms with Crippen molar-refractivity contribution in [3.05, 3.63) is 29.8 Å². The molecule has 0 aromatic heterocycles. The second-order valence-corrected chi connectivity index (χ2v) is 9.34. The highest BCUT2D eigenvalue weighted by atomic mass is 35.5. The van der Waals surface area contributed by atoms with Gasteiger partial charge in [-0.15, -0.1) is 11.6 Å². The standard InChI is InChI=1S/C28H48ClNO2/c1-2-3-4-5-6-7-8-9-10-11-12-13-14-15-16-17-18-19-22-26-23-20-21-24-27(26)32-28(31)30-25-29/h20-21,23-24H,2-19,22,25H2,1H3,(H,30,31). The van der Waals surface area contributed by atoms with E-state index in [2.05, 4.69) is 12.2 Å². The quantitative estimate of drug-likeness (QED) is 0.111. The van der Waals surface area contributed by atoms with Gasteiger partial charge in [-0.05, 0) is 24.5 Å². The van der Waals surface area contributed by atoms with Crippen molar-refractivity contribution in [2.75, 3.05) is 6.00 Å².